The molecule has 1 aliphatic rings. The molecule has 0 saturated carbocycles. The molecule has 1 heterocycles. The van der Waals surface area contributed by atoms with Crippen molar-refractivity contribution in [2.24, 2.45) is 0 Å². The first-order chi connectivity index (χ1) is 16.8. The fourth-order valence-corrected chi connectivity index (χ4v) is 3.90. The molecule has 5 nitrogen and oxygen atoms in total. The van der Waals surface area contributed by atoms with Crippen molar-refractivity contribution in [3.63, 3.8) is 0 Å². The Labute approximate surface area is 252 Å². The van der Waals surface area contributed by atoms with Crippen molar-refractivity contribution in [3.8, 4) is 5.75 Å². The van der Waals surface area contributed by atoms with Gasteiger partial charge >= 0.3 is 6.18 Å². The first-order valence-electron chi connectivity index (χ1n) is 11.7. The molecular formula is C26H33Cl2F3NO4Y-. The van der Waals surface area contributed by atoms with E-state index in [1.165, 1.54) is 6.07 Å². The second kappa shape index (κ2) is 15.4. The molecule has 1 fully saturated rings. The van der Waals surface area contributed by atoms with Gasteiger partial charge < -0.3 is 25.1 Å². The summed E-state index contributed by atoms with van der Waals surface area (Å²) in [5.41, 5.74) is 7.95. The summed E-state index contributed by atoms with van der Waals surface area (Å²) >= 11 is 12.1. The molecule has 2 aromatic carbocycles. The van der Waals surface area contributed by atoms with E-state index in [1.54, 1.807) is 45.0 Å². The van der Waals surface area contributed by atoms with Crippen molar-refractivity contribution in [3.05, 3.63) is 68.9 Å². The number of ether oxygens (including phenoxy) is 3. The van der Waals surface area contributed by atoms with E-state index in [0.29, 0.717) is 41.3 Å². The van der Waals surface area contributed by atoms with Crippen molar-refractivity contribution in [1.82, 2.24) is 0 Å². The van der Waals surface area contributed by atoms with Crippen LogP contribution in [0.1, 0.15) is 50.3 Å². The van der Waals surface area contributed by atoms with Crippen LogP contribution in [0.3, 0.4) is 0 Å². The van der Waals surface area contributed by atoms with Crippen LogP contribution in [-0.4, -0.2) is 42.9 Å². The summed E-state index contributed by atoms with van der Waals surface area (Å²) < 4.78 is 57.6. The summed E-state index contributed by atoms with van der Waals surface area (Å²) in [5, 5.41) is 8.68. The standard InChI is InChI=1S/C24H27Cl2F3NO3.C2H6O.Y/c1-22(2)32-14-23(30,15-33-22)10-9-16-5-8-21(19(12-16)24(27,28)29)31-11-3-4-17-13-18(25)6-7-20(17)26;1-2-3;/h5-8,12-13,30H,3-4,9-11,14-15H2,1-2H3;3H,2H2,1H3;/q-1;;. The largest absolute Gasteiger partial charge is 0.668 e. The molecule has 1 radical (unpaired) electrons. The molecular weight excluding hydrogens is 607 g/mol. The summed E-state index contributed by atoms with van der Waals surface area (Å²) in [6.07, 6.45) is -2.92. The maximum Gasteiger partial charge on any atom is 0.419 e. The molecule has 0 spiro atoms. The zero-order valence-electron chi connectivity index (χ0n) is 21.3. The van der Waals surface area contributed by atoms with Gasteiger partial charge in [0.25, 0.3) is 0 Å². The van der Waals surface area contributed by atoms with Gasteiger partial charge in [-0.25, -0.2) is 0 Å². The molecule has 3 rings (SSSR count). The number of nitrogens with one attached hydrogen (secondary N) is 1. The van der Waals surface area contributed by atoms with E-state index < -0.39 is 23.1 Å². The predicted octanol–water partition coefficient (Wildman–Crippen LogP) is 7.53. The summed E-state index contributed by atoms with van der Waals surface area (Å²) in [7, 11) is 0. The van der Waals surface area contributed by atoms with Gasteiger partial charge in [0, 0.05) is 62.6 Å². The predicted molar refractivity (Wildman–Crippen MR) is 136 cm³/mol. The van der Waals surface area contributed by atoms with Crippen molar-refractivity contribution in [2.45, 2.75) is 64.0 Å². The maximum atomic E-state index is 13.7. The van der Waals surface area contributed by atoms with E-state index in [1.807, 2.05) is 0 Å². The molecule has 0 aliphatic carbocycles. The van der Waals surface area contributed by atoms with Crippen LogP contribution in [0.5, 0.6) is 5.75 Å². The van der Waals surface area contributed by atoms with E-state index in [2.05, 4.69) is 0 Å². The second-order valence-corrected chi connectivity index (χ2v) is 9.93. The van der Waals surface area contributed by atoms with Crippen molar-refractivity contribution < 1.29 is 65.2 Å². The molecule has 0 amide bonds. The molecule has 0 unspecified atom stereocenters. The Kier molecular flexibility index (Phi) is 14.4. The molecule has 1 saturated heterocycles. The van der Waals surface area contributed by atoms with Gasteiger partial charge in [-0.3, -0.25) is 0 Å². The van der Waals surface area contributed by atoms with Gasteiger partial charge in [-0.1, -0.05) is 41.2 Å². The first-order valence-corrected chi connectivity index (χ1v) is 12.4. The zero-order chi connectivity index (χ0) is 27.0. The van der Waals surface area contributed by atoms with Crippen LogP contribution in [0, 0.1) is 0 Å². The number of aliphatic hydroxyl groups excluding tert-OH is 1. The summed E-state index contributed by atoms with van der Waals surface area (Å²) in [5.74, 6) is -0.958. The van der Waals surface area contributed by atoms with Gasteiger partial charge in [0.2, 0.25) is 0 Å². The summed E-state index contributed by atoms with van der Waals surface area (Å²) in [6, 6.07) is 9.16. The van der Waals surface area contributed by atoms with Crippen LogP contribution < -0.4 is 4.74 Å². The van der Waals surface area contributed by atoms with Gasteiger partial charge in [-0.05, 0) is 81.5 Å². The van der Waals surface area contributed by atoms with Crippen LogP contribution >= 0.6 is 23.2 Å². The van der Waals surface area contributed by atoms with Gasteiger partial charge in [0.05, 0.1) is 12.2 Å². The third-order valence-electron chi connectivity index (χ3n) is 5.49. The van der Waals surface area contributed by atoms with Crippen LogP contribution in [0.15, 0.2) is 36.4 Å². The molecule has 37 heavy (non-hydrogen) atoms. The first kappa shape index (κ1) is 34.6. The Morgan fingerprint density at radius 2 is 1.68 bits per heavy atom. The van der Waals surface area contributed by atoms with E-state index in [-0.39, 0.29) is 64.9 Å². The molecule has 2 N–H and O–H groups in total. The van der Waals surface area contributed by atoms with E-state index in [4.69, 9.17) is 48.3 Å². The Morgan fingerprint density at radius 3 is 2.27 bits per heavy atom. The van der Waals surface area contributed by atoms with E-state index in [0.717, 1.165) is 11.6 Å². The second-order valence-electron chi connectivity index (χ2n) is 9.09. The maximum absolute atomic E-state index is 13.7. The van der Waals surface area contributed by atoms with Gasteiger partial charge in [-0.2, -0.15) is 13.2 Å². The molecule has 0 aromatic heterocycles. The number of halogens is 5. The van der Waals surface area contributed by atoms with Gasteiger partial charge in [0.15, 0.2) is 5.79 Å². The third-order valence-corrected chi connectivity index (χ3v) is 6.09. The van der Waals surface area contributed by atoms with E-state index >= 15 is 0 Å². The number of hydrogen-bond donors (Lipinski definition) is 1. The number of aryl methyl sites for hydroxylation is 2. The van der Waals surface area contributed by atoms with Gasteiger partial charge in [0.1, 0.15) is 5.75 Å². The van der Waals surface area contributed by atoms with Gasteiger partial charge in [-0.15, -0.1) is 0 Å². The SMILES string of the molecule is CC1(C)OCC([NH-])(CCc2ccc(OCCCc3cc(Cl)ccc3Cl)c(C(F)(F)F)c2)CO1.CCO.[Y]. The monoisotopic (exact) mass is 639 g/mol. The molecule has 0 atom stereocenters. The number of hydrogen-bond acceptors (Lipinski definition) is 4. The topological polar surface area (TPSA) is 71.7 Å². The molecule has 1 aliphatic heterocycles. The summed E-state index contributed by atoms with van der Waals surface area (Å²) in [6.45, 7) is 5.91. The average Bonchev–Trinajstić information content (AvgIpc) is 2.80. The van der Waals surface area contributed by atoms with Crippen molar-refractivity contribution >= 4 is 23.2 Å². The number of benzene rings is 2. The minimum absolute atomic E-state index is 0. The normalized spacial score (nSPS) is 16.3. The Bertz CT molecular complexity index is 983. The zero-order valence-corrected chi connectivity index (χ0v) is 25.6. The smallest absolute Gasteiger partial charge is 0.419 e. The molecule has 0 bridgehead atoms. The number of aliphatic hydroxyl groups is 1. The average molecular weight is 640 g/mol. The minimum Gasteiger partial charge on any atom is -0.668 e. The molecule has 205 valence electrons. The van der Waals surface area contributed by atoms with Crippen LogP contribution in [0.2, 0.25) is 10.0 Å². The third kappa shape index (κ3) is 11.7. The Balaban J connectivity index is 0.00000163. The van der Waals surface area contributed by atoms with E-state index in [9.17, 15) is 13.2 Å². The van der Waals surface area contributed by atoms with Crippen LogP contribution in [0.4, 0.5) is 13.2 Å². The Morgan fingerprint density at radius 1 is 1.05 bits per heavy atom. The fourth-order valence-electron chi connectivity index (χ4n) is 3.49. The molecule has 11 heteroatoms. The molecule has 2 aromatic rings. The summed E-state index contributed by atoms with van der Waals surface area (Å²) in [4.78, 5) is 0. The number of rotatable bonds is 8. The fraction of sp³-hybridized carbons (Fsp3) is 0.538. The number of alkyl halides is 3. The van der Waals surface area contributed by atoms with Crippen molar-refractivity contribution in [1.29, 1.82) is 0 Å². The quantitative estimate of drug-likeness (QED) is 0.303. The van der Waals surface area contributed by atoms with Crippen LogP contribution in [-0.2, 0) is 61.2 Å². The minimum atomic E-state index is -4.55. The van der Waals surface area contributed by atoms with Crippen LogP contribution in [0.25, 0.3) is 5.73 Å². The van der Waals surface area contributed by atoms with Crippen molar-refractivity contribution in [2.75, 3.05) is 26.4 Å². The Hall–Kier alpha value is -0.446.